The molecule has 152 valence electrons. The second-order valence-electron chi connectivity index (χ2n) is 7.95. The number of aryl methyl sites for hydroxylation is 1. The topological polar surface area (TPSA) is 54.5 Å². The summed E-state index contributed by atoms with van der Waals surface area (Å²) in [6.07, 6.45) is 1.55. The van der Waals surface area contributed by atoms with Crippen molar-refractivity contribution < 1.29 is 9.53 Å². The summed E-state index contributed by atoms with van der Waals surface area (Å²) in [6.45, 7) is 4.43. The fourth-order valence-electron chi connectivity index (χ4n) is 4.67. The standard InChI is InChI=1S/C25H25N3O2/c1-17-14-18(10-11-27-17)24-15-26-12-13-28(24)25(29)30-16-23-21-8-4-2-6-19(21)20-7-3-5-9-22(20)23/h2-11,14,23-24,26H,12-13,15-16H2,1H3. The fraction of sp³-hybridized carbons (Fsp3) is 0.280. The fourth-order valence-corrected chi connectivity index (χ4v) is 4.67. The molecule has 1 atom stereocenters. The summed E-state index contributed by atoms with van der Waals surface area (Å²) in [5, 5.41) is 3.39. The van der Waals surface area contributed by atoms with E-state index in [4.69, 9.17) is 4.74 Å². The number of pyridine rings is 1. The number of hydrogen-bond donors (Lipinski definition) is 1. The van der Waals surface area contributed by atoms with Gasteiger partial charge in [-0.2, -0.15) is 0 Å². The van der Waals surface area contributed by atoms with Crippen molar-refractivity contribution in [2.75, 3.05) is 26.2 Å². The van der Waals surface area contributed by atoms with Gasteiger partial charge >= 0.3 is 6.09 Å². The highest BCUT2D eigenvalue weighted by molar-refractivity contribution is 5.79. The highest BCUT2D eigenvalue weighted by Gasteiger charge is 2.32. The van der Waals surface area contributed by atoms with Crippen LogP contribution < -0.4 is 5.32 Å². The number of nitrogens with one attached hydrogen (secondary N) is 1. The quantitative estimate of drug-likeness (QED) is 0.714. The zero-order chi connectivity index (χ0) is 20.5. The lowest BCUT2D eigenvalue weighted by molar-refractivity contribution is 0.0752. The van der Waals surface area contributed by atoms with Crippen LogP contribution in [0.4, 0.5) is 4.79 Å². The summed E-state index contributed by atoms with van der Waals surface area (Å²) in [6, 6.07) is 20.8. The van der Waals surface area contributed by atoms with E-state index in [2.05, 4.69) is 58.8 Å². The number of nitrogens with zero attached hydrogens (tertiary/aromatic N) is 2. The molecule has 1 unspecified atom stereocenters. The SMILES string of the molecule is Cc1cc(C2CNCCN2C(=O)OCC2c3ccccc3-c3ccccc32)ccn1. The first-order chi connectivity index (χ1) is 14.7. The Bertz CT molecular complexity index is 1040. The molecule has 30 heavy (non-hydrogen) atoms. The molecule has 3 aromatic rings. The Hall–Kier alpha value is -3.18. The maximum atomic E-state index is 13.1. The van der Waals surface area contributed by atoms with E-state index in [9.17, 15) is 4.79 Å². The van der Waals surface area contributed by atoms with Crippen molar-refractivity contribution in [1.29, 1.82) is 0 Å². The van der Waals surface area contributed by atoms with Crippen LogP contribution >= 0.6 is 0 Å². The van der Waals surface area contributed by atoms with Crippen molar-refractivity contribution in [3.63, 3.8) is 0 Å². The van der Waals surface area contributed by atoms with Crippen LogP contribution in [0.5, 0.6) is 0 Å². The molecule has 2 heterocycles. The van der Waals surface area contributed by atoms with Crippen molar-refractivity contribution in [3.8, 4) is 11.1 Å². The number of amides is 1. The minimum Gasteiger partial charge on any atom is -0.448 e. The number of carbonyl (C=O) groups excluding carboxylic acids is 1. The van der Waals surface area contributed by atoms with Crippen molar-refractivity contribution >= 4 is 6.09 Å². The van der Waals surface area contributed by atoms with Crippen LogP contribution in [0.1, 0.15) is 34.3 Å². The Kier molecular flexibility index (Phi) is 4.97. The number of benzene rings is 2. The molecule has 5 nitrogen and oxygen atoms in total. The molecule has 0 saturated carbocycles. The lowest BCUT2D eigenvalue weighted by atomic mass is 9.98. The van der Waals surface area contributed by atoms with E-state index in [1.807, 2.05) is 24.0 Å². The molecule has 1 aliphatic heterocycles. The van der Waals surface area contributed by atoms with E-state index in [1.54, 1.807) is 6.20 Å². The van der Waals surface area contributed by atoms with E-state index < -0.39 is 0 Å². The van der Waals surface area contributed by atoms with Crippen LogP contribution in [0.25, 0.3) is 11.1 Å². The van der Waals surface area contributed by atoms with Crippen LogP contribution in [0.3, 0.4) is 0 Å². The highest BCUT2D eigenvalue weighted by atomic mass is 16.6. The van der Waals surface area contributed by atoms with Gasteiger partial charge in [-0.15, -0.1) is 0 Å². The average molecular weight is 399 g/mol. The number of piperazine rings is 1. The number of hydrogen-bond acceptors (Lipinski definition) is 4. The third-order valence-corrected chi connectivity index (χ3v) is 6.12. The van der Waals surface area contributed by atoms with Gasteiger partial charge in [0.1, 0.15) is 6.61 Å². The summed E-state index contributed by atoms with van der Waals surface area (Å²) >= 11 is 0. The Morgan fingerprint density at radius 2 is 1.80 bits per heavy atom. The maximum Gasteiger partial charge on any atom is 0.410 e. The number of fused-ring (bicyclic) bond motifs is 3. The molecule has 1 aliphatic carbocycles. The van der Waals surface area contributed by atoms with Crippen molar-refractivity contribution in [2.24, 2.45) is 0 Å². The van der Waals surface area contributed by atoms with Gasteiger partial charge in [-0.1, -0.05) is 48.5 Å². The van der Waals surface area contributed by atoms with Gasteiger partial charge < -0.3 is 10.1 Å². The van der Waals surface area contributed by atoms with E-state index in [0.717, 1.165) is 17.8 Å². The van der Waals surface area contributed by atoms with Crippen molar-refractivity contribution in [1.82, 2.24) is 15.2 Å². The molecule has 2 aromatic carbocycles. The zero-order valence-corrected chi connectivity index (χ0v) is 17.0. The van der Waals surface area contributed by atoms with Gasteiger partial charge in [0.15, 0.2) is 0 Å². The smallest absolute Gasteiger partial charge is 0.410 e. The summed E-state index contributed by atoms with van der Waals surface area (Å²) in [5.41, 5.74) is 6.97. The Labute approximate surface area is 176 Å². The van der Waals surface area contributed by atoms with Gasteiger partial charge in [0.2, 0.25) is 0 Å². The molecule has 1 N–H and O–H groups in total. The van der Waals surface area contributed by atoms with Crippen molar-refractivity contribution in [2.45, 2.75) is 18.9 Å². The number of ether oxygens (including phenoxy) is 1. The molecule has 1 saturated heterocycles. The monoisotopic (exact) mass is 399 g/mol. The molecule has 2 aliphatic rings. The molecule has 0 spiro atoms. The molecular weight excluding hydrogens is 374 g/mol. The summed E-state index contributed by atoms with van der Waals surface area (Å²) in [5.74, 6) is 0.0749. The van der Waals surface area contributed by atoms with E-state index in [0.29, 0.717) is 19.7 Å². The molecule has 5 rings (SSSR count). The van der Waals surface area contributed by atoms with Gasteiger partial charge in [-0.25, -0.2) is 4.79 Å². The van der Waals surface area contributed by atoms with Gasteiger partial charge in [0, 0.05) is 37.4 Å². The minimum absolute atomic E-state index is 0.0453. The largest absolute Gasteiger partial charge is 0.448 e. The van der Waals surface area contributed by atoms with E-state index in [1.165, 1.54) is 22.3 Å². The molecule has 5 heteroatoms. The maximum absolute atomic E-state index is 13.1. The van der Waals surface area contributed by atoms with Gasteiger partial charge in [-0.05, 0) is 46.9 Å². The lowest BCUT2D eigenvalue weighted by Gasteiger charge is -2.36. The second kappa shape index (κ2) is 7.92. The van der Waals surface area contributed by atoms with Crippen LogP contribution in [0, 0.1) is 6.92 Å². The Morgan fingerprint density at radius 1 is 1.10 bits per heavy atom. The minimum atomic E-state index is -0.252. The normalized spacial score (nSPS) is 18.0. The van der Waals surface area contributed by atoms with Crippen LogP contribution in [-0.4, -0.2) is 42.2 Å². The lowest BCUT2D eigenvalue weighted by Crippen LogP contribution is -2.49. The first kappa shape index (κ1) is 18.8. The molecule has 1 aromatic heterocycles. The van der Waals surface area contributed by atoms with Crippen LogP contribution in [0.15, 0.2) is 66.9 Å². The number of carbonyl (C=O) groups is 1. The van der Waals surface area contributed by atoms with Gasteiger partial charge in [0.05, 0.1) is 6.04 Å². The summed E-state index contributed by atoms with van der Waals surface area (Å²) < 4.78 is 5.90. The molecule has 0 radical (unpaired) electrons. The predicted octanol–water partition coefficient (Wildman–Crippen LogP) is 4.29. The van der Waals surface area contributed by atoms with E-state index >= 15 is 0 Å². The Morgan fingerprint density at radius 3 is 2.50 bits per heavy atom. The van der Waals surface area contributed by atoms with Gasteiger partial charge in [0.25, 0.3) is 0 Å². The van der Waals surface area contributed by atoms with Gasteiger partial charge in [-0.3, -0.25) is 9.88 Å². The van der Waals surface area contributed by atoms with Crippen molar-refractivity contribution in [3.05, 3.63) is 89.2 Å². The molecular formula is C25H25N3O2. The molecule has 1 amide bonds. The number of rotatable bonds is 3. The summed E-state index contributed by atoms with van der Waals surface area (Å²) in [4.78, 5) is 19.2. The van der Waals surface area contributed by atoms with Crippen LogP contribution in [-0.2, 0) is 4.74 Å². The second-order valence-corrected chi connectivity index (χ2v) is 7.95. The predicted molar refractivity (Wildman–Crippen MR) is 116 cm³/mol. The van der Waals surface area contributed by atoms with E-state index in [-0.39, 0.29) is 18.1 Å². The average Bonchev–Trinajstić information content (AvgIpc) is 3.11. The van der Waals surface area contributed by atoms with Crippen LogP contribution in [0.2, 0.25) is 0 Å². The first-order valence-corrected chi connectivity index (χ1v) is 10.5. The third kappa shape index (κ3) is 3.35. The Balaban J connectivity index is 1.35. The summed E-state index contributed by atoms with van der Waals surface area (Å²) in [7, 11) is 0. The highest BCUT2D eigenvalue weighted by Crippen LogP contribution is 2.44. The third-order valence-electron chi connectivity index (χ3n) is 6.12. The molecule has 1 fully saturated rings. The number of aromatic nitrogens is 1. The molecule has 0 bridgehead atoms. The zero-order valence-electron chi connectivity index (χ0n) is 17.0. The first-order valence-electron chi connectivity index (χ1n) is 10.5.